The van der Waals surface area contributed by atoms with E-state index in [1.54, 1.807) is 0 Å². The van der Waals surface area contributed by atoms with Crippen LogP contribution >= 0.6 is 0 Å². The van der Waals surface area contributed by atoms with Crippen molar-refractivity contribution in [1.82, 2.24) is 15.1 Å². The second kappa shape index (κ2) is 5.29. The van der Waals surface area contributed by atoms with Gasteiger partial charge in [-0.2, -0.15) is 5.10 Å². The Morgan fingerprint density at radius 2 is 2.10 bits per heavy atom. The Morgan fingerprint density at radius 3 is 2.90 bits per heavy atom. The van der Waals surface area contributed by atoms with E-state index in [0.29, 0.717) is 0 Å². The number of anilines is 2. The lowest BCUT2D eigenvalue weighted by atomic mass is 10.2. The van der Waals surface area contributed by atoms with Gasteiger partial charge in [-0.25, -0.2) is 0 Å². The second-order valence-electron chi connectivity index (χ2n) is 5.32. The Morgan fingerprint density at radius 1 is 1.30 bits per heavy atom. The van der Waals surface area contributed by atoms with E-state index in [9.17, 15) is 0 Å². The number of nitrogens with zero attached hydrogens (tertiary/aromatic N) is 3. The number of fused-ring (bicyclic) bond motifs is 1. The highest BCUT2D eigenvalue weighted by atomic mass is 15.4. The molecule has 4 nitrogen and oxygen atoms in total. The molecule has 0 aliphatic carbocycles. The predicted octanol–water partition coefficient (Wildman–Crippen LogP) is 2.53. The summed E-state index contributed by atoms with van der Waals surface area (Å²) in [6.07, 6.45) is 1.11. The summed E-state index contributed by atoms with van der Waals surface area (Å²) in [7, 11) is 2.04. The van der Waals surface area contributed by atoms with Crippen LogP contribution in [0, 0.1) is 6.92 Å². The van der Waals surface area contributed by atoms with Crippen molar-refractivity contribution in [1.29, 1.82) is 0 Å². The number of aryl methyl sites for hydroxylation is 2. The van der Waals surface area contributed by atoms with Crippen molar-refractivity contribution in [2.24, 2.45) is 7.05 Å². The first-order chi connectivity index (χ1) is 9.72. The van der Waals surface area contributed by atoms with Gasteiger partial charge in [-0.15, -0.1) is 0 Å². The fourth-order valence-corrected chi connectivity index (χ4v) is 3.04. The van der Waals surface area contributed by atoms with Gasteiger partial charge in [0.25, 0.3) is 0 Å². The molecule has 0 amide bonds. The lowest BCUT2D eigenvalue weighted by Gasteiger charge is -2.21. The van der Waals surface area contributed by atoms with Crippen molar-refractivity contribution >= 4 is 11.5 Å². The third-order valence-electron chi connectivity index (χ3n) is 4.01. The molecule has 1 aromatic carbocycles. The molecule has 0 radical (unpaired) electrons. The van der Waals surface area contributed by atoms with Gasteiger partial charge in [0.2, 0.25) is 0 Å². The first-order valence-corrected chi connectivity index (χ1v) is 7.31. The van der Waals surface area contributed by atoms with E-state index < -0.39 is 0 Å². The van der Waals surface area contributed by atoms with Crippen LogP contribution in [0.4, 0.5) is 11.5 Å². The molecular weight excluding hydrogens is 248 g/mol. The van der Waals surface area contributed by atoms with Crippen molar-refractivity contribution in [3.63, 3.8) is 0 Å². The van der Waals surface area contributed by atoms with Gasteiger partial charge in [-0.1, -0.05) is 25.1 Å². The molecule has 0 unspecified atom stereocenters. The van der Waals surface area contributed by atoms with Crippen molar-refractivity contribution in [2.75, 3.05) is 18.0 Å². The number of benzene rings is 1. The molecule has 3 rings (SSSR count). The molecule has 0 bridgehead atoms. The summed E-state index contributed by atoms with van der Waals surface area (Å²) in [5.74, 6) is 1.23. The second-order valence-corrected chi connectivity index (χ2v) is 5.32. The molecule has 4 heteroatoms. The first-order valence-electron chi connectivity index (χ1n) is 7.31. The maximum Gasteiger partial charge on any atom is 0.135 e. The minimum Gasteiger partial charge on any atom is -0.326 e. The van der Waals surface area contributed by atoms with Gasteiger partial charge in [0.15, 0.2) is 0 Å². The molecule has 106 valence electrons. The van der Waals surface area contributed by atoms with Crippen molar-refractivity contribution in [3.05, 3.63) is 41.1 Å². The number of hydrogen-bond donors (Lipinski definition) is 1. The highest BCUT2D eigenvalue weighted by Gasteiger charge is 2.25. The zero-order chi connectivity index (χ0) is 14.1. The number of rotatable bonds is 4. The fourth-order valence-electron chi connectivity index (χ4n) is 3.04. The van der Waals surface area contributed by atoms with E-state index in [-0.39, 0.29) is 0 Å². The molecular formula is C16H22N4. The smallest absolute Gasteiger partial charge is 0.135 e. The Labute approximate surface area is 120 Å². The summed E-state index contributed by atoms with van der Waals surface area (Å²) in [4.78, 5) is 2.40. The molecule has 0 atom stereocenters. The minimum absolute atomic E-state index is 0.879. The van der Waals surface area contributed by atoms with Crippen LogP contribution in [0.1, 0.15) is 23.7 Å². The highest BCUT2D eigenvalue weighted by Crippen LogP contribution is 2.36. The summed E-state index contributed by atoms with van der Waals surface area (Å²) >= 11 is 0. The SMILES string of the molecule is CCNCc1c(C)nn(C)c1N1CCc2ccccc21. The minimum atomic E-state index is 0.879. The van der Waals surface area contributed by atoms with E-state index in [1.165, 1.54) is 22.6 Å². The molecule has 0 fully saturated rings. The molecule has 1 aromatic heterocycles. The standard InChI is InChI=1S/C16H22N4/c1-4-17-11-14-12(2)18-19(3)16(14)20-10-9-13-7-5-6-8-15(13)20/h5-8,17H,4,9-11H2,1-3H3. The Bertz CT molecular complexity index is 615. The average Bonchev–Trinajstić information content (AvgIpc) is 2.97. The van der Waals surface area contributed by atoms with E-state index in [4.69, 9.17) is 0 Å². The summed E-state index contributed by atoms with van der Waals surface area (Å²) in [5, 5.41) is 8.04. The van der Waals surface area contributed by atoms with Crippen LogP contribution in [0.15, 0.2) is 24.3 Å². The normalized spacial score (nSPS) is 13.8. The quantitative estimate of drug-likeness (QED) is 0.927. The molecule has 0 spiro atoms. The van der Waals surface area contributed by atoms with Crippen LogP contribution in [0.25, 0.3) is 0 Å². The van der Waals surface area contributed by atoms with Gasteiger partial charge >= 0.3 is 0 Å². The Kier molecular flexibility index (Phi) is 3.49. The molecule has 2 aromatic rings. The number of para-hydroxylation sites is 1. The van der Waals surface area contributed by atoms with Crippen LogP contribution in [-0.4, -0.2) is 22.9 Å². The van der Waals surface area contributed by atoms with E-state index in [0.717, 1.165) is 31.7 Å². The lowest BCUT2D eigenvalue weighted by Crippen LogP contribution is -2.20. The maximum absolute atomic E-state index is 4.62. The average molecular weight is 270 g/mol. The van der Waals surface area contributed by atoms with E-state index in [1.807, 2.05) is 11.7 Å². The number of aromatic nitrogens is 2. The third-order valence-corrected chi connectivity index (χ3v) is 4.01. The molecule has 0 saturated heterocycles. The Balaban J connectivity index is 2.03. The molecule has 2 heterocycles. The maximum atomic E-state index is 4.62. The van der Waals surface area contributed by atoms with Crippen molar-refractivity contribution in [2.45, 2.75) is 26.8 Å². The molecule has 1 N–H and O–H groups in total. The molecule has 1 aliphatic rings. The largest absolute Gasteiger partial charge is 0.326 e. The van der Waals surface area contributed by atoms with Gasteiger partial charge < -0.3 is 10.2 Å². The van der Waals surface area contributed by atoms with Crippen molar-refractivity contribution in [3.8, 4) is 0 Å². The number of hydrogen-bond acceptors (Lipinski definition) is 3. The van der Waals surface area contributed by atoms with Gasteiger partial charge in [-0.3, -0.25) is 4.68 Å². The topological polar surface area (TPSA) is 33.1 Å². The molecule has 0 saturated carbocycles. The van der Waals surface area contributed by atoms with E-state index >= 15 is 0 Å². The third kappa shape index (κ3) is 2.10. The van der Waals surface area contributed by atoms with Gasteiger partial charge in [-0.05, 0) is 31.5 Å². The Hall–Kier alpha value is -1.81. The van der Waals surface area contributed by atoms with E-state index in [2.05, 4.69) is 53.4 Å². The van der Waals surface area contributed by atoms with Crippen LogP contribution in [0.3, 0.4) is 0 Å². The summed E-state index contributed by atoms with van der Waals surface area (Å²) < 4.78 is 2.02. The zero-order valence-corrected chi connectivity index (χ0v) is 12.5. The zero-order valence-electron chi connectivity index (χ0n) is 12.5. The van der Waals surface area contributed by atoms with Crippen LogP contribution in [0.5, 0.6) is 0 Å². The van der Waals surface area contributed by atoms with Gasteiger partial charge in [0.05, 0.1) is 5.69 Å². The molecule has 20 heavy (non-hydrogen) atoms. The summed E-state index contributed by atoms with van der Waals surface area (Å²) in [6, 6.07) is 8.67. The van der Waals surface area contributed by atoms with Crippen LogP contribution < -0.4 is 10.2 Å². The van der Waals surface area contributed by atoms with Gasteiger partial charge in [0, 0.05) is 31.4 Å². The summed E-state index contributed by atoms with van der Waals surface area (Å²) in [5.41, 5.74) is 5.19. The summed E-state index contributed by atoms with van der Waals surface area (Å²) in [6.45, 7) is 7.13. The molecule has 1 aliphatic heterocycles. The van der Waals surface area contributed by atoms with Crippen LogP contribution in [0.2, 0.25) is 0 Å². The lowest BCUT2D eigenvalue weighted by molar-refractivity contribution is 0.718. The predicted molar refractivity (Wildman–Crippen MR) is 82.5 cm³/mol. The van der Waals surface area contributed by atoms with Crippen molar-refractivity contribution < 1.29 is 0 Å². The highest BCUT2D eigenvalue weighted by molar-refractivity contribution is 5.70. The first kappa shape index (κ1) is 13.2. The fraction of sp³-hybridized carbons (Fsp3) is 0.438. The van der Waals surface area contributed by atoms with Crippen LogP contribution in [-0.2, 0) is 20.0 Å². The number of nitrogens with one attached hydrogen (secondary N) is 1. The van der Waals surface area contributed by atoms with Gasteiger partial charge in [0.1, 0.15) is 5.82 Å². The monoisotopic (exact) mass is 270 g/mol.